The minimum Gasteiger partial charge on any atom is -0.380 e. The highest BCUT2D eigenvalue weighted by molar-refractivity contribution is 6.30. The highest BCUT2D eigenvalue weighted by Crippen LogP contribution is 2.38. The number of nitrogens with one attached hydrogen (secondary N) is 1. The van der Waals surface area contributed by atoms with E-state index in [9.17, 15) is 4.79 Å². The predicted octanol–water partition coefficient (Wildman–Crippen LogP) is 5.19. The highest BCUT2D eigenvalue weighted by Gasteiger charge is 2.43. The van der Waals surface area contributed by atoms with Crippen molar-refractivity contribution < 1.29 is 9.53 Å². The van der Waals surface area contributed by atoms with Gasteiger partial charge in [-0.25, -0.2) is 4.98 Å². The number of fused-ring (bicyclic) bond motifs is 1. The molecule has 2 saturated heterocycles. The van der Waals surface area contributed by atoms with Crippen LogP contribution in [0, 0.1) is 12.3 Å². The molecule has 3 aromatic rings. The summed E-state index contributed by atoms with van der Waals surface area (Å²) in [4.78, 5) is 20.1. The van der Waals surface area contributed by atoms with Gasteiger partial charge in [0.25, 0.3) is 5.91 Å². The van der Waals surface area contributed by atoms with Crippen LogP contribution in [-0.2, 0) is 4.74 Å². The van der Waals surface area contributed by atoms with Gasteiger partial charge in [-0.15, -0.1) is 0 Å². The summed E-state index contributed by atoms with van der Waals surface area (Å²) in [6.07, 6.45) is 3.87. The van der Waals surface area contributed by atoms with Gasteiger partial charge in [-0.2, -0.15) is 0 Å². The number of carbonyl (C=O) groups excluding carboxylic acids is 1. The lowest BCUT2D eigenvalue weighted by Gasteiger charge is -2.48. The van der Waals surface area contributed by atoms with Crippen LogP contribution in [0.25, 0.3) is 10.8 Å². The fourth-order valence-electron chi connectivity index (χ4n) is 4.63. The van der Waals surface area contributed by atoms with Crippen molar-refractivity contribution in [1.29, 1.82) is 0 Å². The quantitative estimate of drug-likeness (QED) is 0.632. The molecule has 5 rings (SSSR count). The Kier molecular flexibility index (Phi) is 4.88. The van der Waals surface area contributed by atoms with Crippen molar-refractivity contribution in [1.82, 2.24) is 9.88 Å². The Morgan fingerprint density at radius 2 is 2.07 bits per heavy atom. The lowest BCUT2D eigenvalue weighted by molar-refractivity contribution is -0.138. The van der Waals surface area contributed by atoms with Crippen LogP contribution in [0.3, 0.4) is 0 Å². The third kappa shape index (κ3) is 3.42. The van der Waals surface area contributed by atoms with E-state index in [1.165, 1.54) is 0 Å². The molecule has 0 unspecified atom stereocenters. The molecular formula is C24H24ClN3O2. The molecule has 0 bridgehead atoms. The Morgan fingerprint density at radius 3 is 2.83 bits per heavy atom. The van der Waals surface area contributed by atoms with Crippen LogP contribution in [0.5, 0.6) is 0 Å². The zero-order chi connectivity index (χ0) is 20.7. The van der Waals surface area contributed by atoms with E-state index in [2.05, 4.69) is 10.3 Å². The molecule has 0 radical (unpaired) electrons. The van der Waals surface area contributed by atoms with E-state index in [0.717, 1.165) is 67.0 Å². The molecule has 3 heterocycles. The molecule has 5 nitrogen and oxygen atoms in total. The number of aryl methyl sites for hydroxylation is 1. The van der Waals surface area contributed by atoms with Crippen LogP contribution in [-0.4, -0.2) is 42.1 Å². The maximum absolute atomic E-state index is 13.5. The van der Waals surface area contributed by atoms with Crippen LogP contribution < -0.4 is 5.32 Å². The number of pyridine rings is 1. The number of piperidine rings is 1. The molecule has 154 valence electrons. The van der Waals surface area contributed by atoms with Gasteiger partial charge in [0.1, 0.15) is 5.82 Å². The number of ether oxygens (including phenoxy) is 1. The molecule has 2 aromatic carbocycles. The maximum Gasteiger partial charge on any atom is 0.256 e. The fraction of sp³-hybridized carbons (Fsp3) is 0.333. The second-order valence-electron chi connectivity index (χ2n) is 8.48. The summed E-state index contributed by atoms with van der Waals surface area (Å²) >= 11 is 6.13. The summed E-state index contributed by atoms with van der Waals surface area (Å²) in [5, 5.41) is 5.89. The van der Waals surface area contributed by atoms with E-state index < -0.39 is 0 Å². The smallest absolute Gasteiger partial charge is 0.256 e. The van der Waals surface area contributed by atoms with Gasteiger partial charge < -0.3 is 15.0 Å². The van der Waals surface area contributed by atoms with Crippen molar-refractivity contribution in [2.75, 3.05) is 31.6 Å². The summed E-state index contributed by atoms with van der Waals surface area (Å²) in [5.41, 5.74) is 2.74. The fourth-order valence-corrected chi connectivity index (χ4v) is 4.82. The molecule has 1 aromatic heterocycles. The number of halogens is 1. The van der Waals surface area contributed by atoms with Gasteiger partial charge in [0, 0.05) is 46.2 Å². The number of amides is 1. The minimum atomic E-state index is 0.0575. The summed E-state index contributed by atoms with van der Waals surface area (Å²) in [7, 11) is 0. The van der Waals surface area contributed by atoms with Crippen LogP contribution in [0.4, 0.5) is 11.5 Å². The van der Waals surface area contributed by atoms with Crippen LogP contribution in [0.15, 0.2) is 48.7 Å². The van der Waals surface area contributed by atoms with Crippen LogP contribution >= 0.6 is 11.6 Å². The molecule has 6 heteroatoms. The lowest BCUT2D eigenvalue weighted by Crippen LogP contribution is -2.55. The molecule has 30 heavy (non-hydrogen) atoms. The van der Waals surface area contributed by atoms with Crippen molar-refractivity contribution in [3.63, 3.8) is 0 Å². The van der Waals surface area contributed by atoms with Gasteiger partial charge in [-0.1, -0.05) is 35.9 Å². The molecule has 2 aliphatic rings. The summed E-state index contributed by atoms with van der Waals surface area (Å²) in [5.74, 6) is 0.775. The zero-order valence-corrected chi connectivity index (χ0v) is 17.7. The molecular weight excluding hydrogens is 398 g/mol. The first-order valence-corrected chi connectivity index (χ1v) is 10.7. The number of hydrogen-bond donors (Lipinski definition) is 1. The van der Waals surface area contributed by atoms with E-state index in [0.29, 0.717) is 10.6 Å². The molecule has 0 atom stereocenters. The average Bonchev–Trinajstić information content (AvgIpc) is 2.73. The van der Waals surface area contributed by atoms with Gasteiger partial charge in [-0.05, 0) is 43.5 Å². The first-order chi connectivity index (χ1) is 14.5. The van der Waals surface area contributed by atoms with Gasteiger partial charge >= 0.3 is 0 Å². The van der Waals surface area contributed by atoms with Gasteiger partial charge in [0.15, 0.2) is 0 Å². The van der Waals surface area contributed by atoms with E-state index >= 15 is 0 Å². The number of anilines is 2. The number of benzene rings is 2. The first-order valence-electron chi connectivity index (χ1n) is 10.3. The molecule has 1 spiro atoms. The second-order valence-corrected chi connectivity index (χ2v) is 8.91. The first kappa shape index (κ1) is 19.3. The third-order valence-electron chi connectivity index (χ3n) is 6.20. The topological polar surface area (TPSA) is 54.5 Å². The van der Waals surface area contributed by atoms with Crippen molar-refractivity contribution in [3.8, 4) is 0 Å². The highest BCUT2D eigenvalue weighted by atomic mass is 35.5. The number of aromatic nitrogens is 1. The molecule has 2 fully saturated rings. The predicted molar refractivity (Wildman–Crippen MR) is 120 cm³/mol. The molecule has 1 amide bonds. The number of nitrogens with zero attached hydrogens (tertiary/aromatic N) is 2. The summed E-state index contributed by atoms with van der Waals surface area (Å²) in [6, 6.07) is 13.6. The van der Waals surface area contributed by atoms with Crippen molar-refractivity contribution in [2.45, 2.75) is 19.8 Å². The minimum absolute atomic E-state index is 0.0575. The van der Waals surface area contributed by atoms with Gasteiger partial charge in [0.2, 0.25) is 0 Å². The lowest BCUT2D eigenvalue weighted by atomic mass is 9.78. The summed E-state index contributed by atoms with van der Waals surface area (Å²) in [6.45, 7) is 5.12. The van der Waals surface area contributed by atoms with Crippen molar-refractivity contribution in [3.05, 3.63) is 64.8 Å². The standard InChI is InChI=1S/C24H24ClN3O2/c1-16-5-2-8-19-21(16)20(12-26-22(19)27-18-7-3-6-17(25)11-18)23(29)28-10-4-9-24(13-28)14-30-15-24/h2-3,5-8,11-12H,4,9-10,13-15H2,1H3,(H,26,27). The van der Waals surface area contributed by atoms with E-state index in [4.69, 9.17) is 16.3 Å². The Labute approximate surface area is 181 Å². The molecule has 0 saturated carbocycles. The monoisotopic (exact) mass is 421 g/mol. The van der Waals surface area contributed by atoms with Crippen molar-refractivity contribution >= 4 is 39.8 Å². The number of likely N-dealkylation sites (tertiary alicyclic amines) is 1. The number of carbonyl (C=O) groups is 1. The van der Waals surface area contributed by atoms with E-state index in [1.807, 2.05) is 54.3 Å². The zero-order valence-electron chi connectivity index (χ0n) is 17.0. The van der Waals surface area contributed by atoms with Gasteiger partial charge in [-0.3, -0.25) is 4.79 Å². The van der Waals surface area contributed by atoms with Crippen molar-refractivity contribution in [2.24, 2.45) is 5.41 Å². The number of hydrogen-bond acceptors (Lipinski definition) is 4. The Morgan fingerprint density at radius 1 is 1.23 bits per heavy atom. The molecule has 2 aliphatic heterocycles. The second kappa shape index (κ2) is 7.56. The Bertz CT molecular complexity index is 1130. The van der Waals surface area contributed by atoms with Crippen LogP contribution in [0.1, 0.15) is 28.8 Å². The van der Waals surface area contributed by atoms with E-state index in [-0.39, 0.29) is 11.3 Å². The number of rotatable bonds is 3. The Hall–Kier alpha value is -2.63. The SMILES string of the molecule is Cc1cccc2c(Nc3cccc(Cl)c3)ncc(C(=O)N3CCCC4(COC4)C3)c12. The largest absolute Gasteiger partial charge is 0.380 e. The third-order valence-corrected chi connectivity index (χ3v) is 6.44. The average molecular weight is 422 g/mol. The van der Waals surface area contributed by atoms with Gasteiger partial charge in [0.05, 0.1) is 18.8 Å². The van der Waals surface area contributed by atoms with E-state index in [1.54, 1.807) is 6.20 Å². The Balaban J connectivity index is 1.52. The van der Waals surface area contributed by atoms with Crippen LogP contribution in [0.2, 0.25) is 5.02 Å². The normalized spacial score (nSPS) is 17.7. The molecule has 1 N–H and O–H groups in total. The summed E-state index contributed by atoms with van der Waals surface area (Å²) < 4.78 is 5.45. The molecule has 0 aliphatic carbocycles. The maximum atomic E-state index is 13.5.